The van der Waals surface area contributed by atoms with Crippen molar-refractivity contribution < 1.29 is 13.9 Å². The van der Waals surface area contributed by atoms with E-state index in [0.29, 0.717) is 5.69 Å². The quantitative estimate of drug-likeness (QED) is 0.670. The molecule has 2 aromatic carbocycles. The normalized spacial score (nSPS) is 11.7. The van der Waals surface area contributed by atoms with E-state index in [0.717, 1.165) is 5.56 Å². The van der Waals surface area contributed by atoms with Gasteiger partial charge in [0.15, 0.2) is 6.23 Å². The van der Waals surface area contributed by atoms with Gasteiger partial charge in [-0.3, -0.25) is 4.79 Å². The maximum absolute atomic E-state index is 12.8. The highest BCUT2D eigenvalue weighted by atomic mass is 19.1. The first kappa shape index (κ1) is 14.1. The first-order valence-corrected chi connectivity index (χ1v) is 6.39. The van der Waals surface area contributed by atoms with Crippen LogP contribution < -0.4 is 5.32 Å². The lowest BCUT2D eigenvalue weighted by molar-refractivity contribution is -0.146. The highest BCUT2D eigenvalue weighted by Crippen LogP contribution is 2.10. The molecule has 2 rings (SSSR count). The zero-order chi connectivity index (χ0) is 14.4. The van der Waals surface area contributed by atoms with E-state index in [1.807, 2.05) is 30.3 Å². The van der Waals surface area contributed by atoms with E-state index in [1.54, 1.807) is 19.1 Å². The van der Waals surface area contributed by atoms with Crippen LogP contribution in [0.2, 0.25) is 0 Å². The third kappa shape index (κ3) is 4.39. The minimum absolute atomic E-state index is 0.232. The Kier molecular flexibility index (Phi) is 4.71. The van der Waals surface area contributed by atoms with Gasteiger partial charge in [0.2, 0.25) is 0 Å². The van der Waals surface area contributed by atoms with E-state index in [-0.39, 0.29) is 18.2 Å². The van der Waals surface area contributed by atoms with Gasteiger partial charge in [-0.2, -0.15) is 0 Å². The van der Waals surface area contributed by atoms with Crippen LogP contribution in [-0.4, -0.2) is 12.2 Å². The summed E-state index contributed by atoms with van der Waals surface area (Å²) < 4.78 is 18.0. The zero-order valence-corrected chi connectivity index (χ0v) is 11.2. The number of rotatable bonds is 5. The number of carbonyl (C=O) groups is 1. The molecule has 0 amide bonds. The summed E-state index contributed by atoms with van der Waals surface area (Å²) in [5.74, 6) is -0.609. The van der Waals surface area contributed by atoms with Crippen LogP contribution in [0, 0.1) is 5.82 Å². The Morgan fingerprint density at radius 1 is 1.15 bits per heavy atom. The number of carbonyl (C=O) groups excluding carboxylic acids is 1. The van der Waals surface area contributed by atoms with Gasteiger partial charge in [-0.1, -0.05) is 30.3 Å². The highest BCUT2D eigenvalue weighted by Gasteiger charge is 2.10. The monoisotopic (exact) mass is 273 g/mol. The van der Waals surface area contributed by atoms with Crippen molar-refractivity contribution in [2.45, 2.75) is 19.6 Å². The van der Waals surface area contributed by atoms with Crippen LogP contribution in [0.1, 0.15) is 12.5 Å². The third-order valence-electron chi connectivity index (χ3n) is 2.71. The van der Waals surface area contributed by atoms with E-state index in [9.17, 15) is 9.18 Å². The molecular formula is C16H16FNO2. The van der Waals surface area contributed by atoms with Crippen molar-refractivity contribution in [2.24, 2.45) is 0 Å². The first-order chi connectivity index (χ1) is 9.63. The molecular weight excluding hydrogens is 257 g/mol. The summed E-state index contributed by atoms with van der Waals surface area (Å²) in [6, 6.07) is 15.3. The Labute approximate surface area is 117 Å². The summed E-state index contributed by atoms with van der Waals surface area (Å²) in [5, 5.41) is 2.98. The summed E-state index contributed by atoms with van der Waals surface area (Å²) in [5.41, 5.74) is 1.61. The number of hydrogen-bond donors (Lipinski definition) is 1. The second-order valence-electron chi connectivity index (χ2n) is 4.45. The molecule has 0 bridgehead atoms. The lowest BCUT2D eigenvalue weighted by atomic mass is 10.2. The van der Waals surface area contributed by atoms with Gasteiger partial charge in [0.05, 0.1) is 6.42 Å². The molecule has 1 unspecified atom stereocenters. The van der Waals surface area contributed by atoms with E-state index in [4.69, 9.17) is 4.74 Å². The second kappa shape index (κ2) is 6.70. The van der Waals surface area contributed by atoms with Crippen molar-refractivity contribution in [3.63, 3.8) is 0 Å². The Balaban J connectivity index is 1.83. The summed E-state index contributed by atoms with van der Waals surface area (Å²) in [6.07, 6.45) is -0.243. The van der Waals surface area contributed by atoms with E-state index in [2.05, 4.69) is 5.32 Å². The van der Waals surface area contributed by atoms with Gasteiger partial charge in [-0.05, 0) is 36.8 Å². The van der Waals surface area contributed by atoms with Gasteiger partial charge in [0, 0.05) is 5.69 Å². The van der Waals surface area contributed by atoms with Crippen molar-refractivity contribution in [3.8, 4) is 0 Å². The predicted octanol–water partition coefficient (Wildman–Crippen LogP) is 3.37. The lowest BCUT2D eigenvalue weighted by Crippen LogP contribution is -2.24. The number of benzene rings is 2. The molecule has 0 aliphatic carbocycles. The number of ether oxygens (including phenoxy) is 1. The Morgan fingerprint density at radius 3 is 2.45 bits per heavy atom. The van der Waals surface area contributed by atoms with Gasteiger partial charge in [0.25, 0.3) is 0 Å². The number of hydrogen-bond acceptors (Lipinski definition) is 3. The summed E-state index contributed by atoms with van der Waals surface area (Å²) in [6.45, 7) is 1.73. The van der Waals surface area contributed by atoms with Crippen LogP contribution in [0.25, 0.3) is 0 Å². The fraction of sp³-hybridized carbons (Fsp3) is 0.188. The van der Waals surface area contributed by atoms with Crippen molar-refractivity contribution in [1.82, 2.24) is 0 Å². The Hall–Kier alpha value is -2.36. The van der Waals surface area contributed by atoms with Gasteiger partial charge in [-0.15, -0.1) is 0 Å². The summed E-state index contributed by atoms with van der Waals surface area (Å²) >= 11 is 0. The lowest BCUT2D eigenvalue weighted by Gasteiger charge is -2.16. The van der Waals surface area contributed by atoms with Crippen LogP contribution in [0.15, 0.2) is 54.6 Å². The molecule has 0 saturated heterocycles. The predicted molar refractivity (Wildman–Crippen MR) is 75.7 cm³/mol. The largest absolute Gasteiger partial charge is 0.442 e. The number of esters is 1. The average molecular weight is 273 g/mol. The Bertz CT molecular complexity index is 554. The molecule has 0 saturated carbocycles. The van der Waals surface area contributed by atoms with Gasteiger partial charge >= 0.3 is 5.97 Å². The van der Waals surface area contributed by atoms with Crippen molar-refractivity contribution >= 4 is 11.7 Å². The van der Waals surface area contributed by atoms with Gasteiger partial charge in [0.1, 0.15) is 5.82 Å². The van der Waals surface area contributed by atoms with Crippen LogP contribution >= 0.6 is 0 Å². The second-order valence-corrected chi connectivity index (χ2v) is 4.45. The molecule has 0 fully saturated rings. The molecule has 4 heteroatoms. The van der Waals surface area contributed by atoms with Crippen molar-refractivity contribution in [3.05, 3.63) is 66.0 Å². The minimum Gasteiger partial charge on any atom is -0.442 e. The average Bonchev–Trinajstić information content (AvgIpc) is 2.42. The fourth-order valence-corrected chi connectivity index (χ4v) is 1.81. The van der Waals surface area contributed by atoms with Crippen LogP contribution in [0.5, 0.6) is 0 Å². The van der Waals surface area contributed by atoms with E-state index >= 15 is 0 Å². The smallest absolute Gasteiger partial charge is 0.312 e. The van der Waals surface area contributed by atoms with Crippen molar-refractivity contribution in [1.29, 1.82) is 0 Å². The molecule has 0 radical (unpaired) electrons. The number of halogens is 1. The Morgan fingerprint density at radius 2 is 1.80 bits per heavy atom. The topological polar surface area (TPSA) is 38.3 Å². The van der Waals surface area contributed by atoms with Gasteiger partial charge < -0.3 is 10.1 Å². The molecule has 3 nitrogen and oxygen atoms in total. The highest BCUT2D eigenvalue weighted by molar-refractivity contribution is 5.72. The van der Waals surface area contributed by atoms with E-state index in [1.165, 1.54) is 12.1 Å². The summed E-state index contributed by atoms with van der Waals surface area (Å²) in [7, 11) is 0. The number of anilines is 1. The molecule has 1 atom stereocenters. The molecule has 0 aromatic heterocycles. The third-order valence-corrected chi connectivity index (χ3v) is 2.71. The fourth-order valence-electron chi connectivity index (χ4n) is 1.81. The molecule has 20 heavy (non-hydrogen) atoms. The van der Waals surface area contributed by atoms with Crippen LogP contribution in [0.3, 0.4) is 0 Å². The molecule has 104 valence electrons. The summed E-state index contributed by atoms with van der Waals surface area (Å²) in [4.78, 5) is 11.7. The first-order valence-electron chi connectivity index (χ1n) is 6.39. The zero-order valence-electron chi connectivity index (χ0n) is 11.2. The molecule has 0 heterocycles. The van der Waals surface area contributed by atoms with Crippen molar-refractivity contribution in [2.75, 3.05) is 5.32 Å². The van der Waals surface area contributed by atoms with E-state index < -0.39 is 6.23 Å². The van der Waals surface area contributed by atoms with Crippen LogP contribution in [0.4, 0.5) is 10.1 Å². The molecule has 0 spiro atoms. The molecule has 0 aliphatic rings. The maximum Gasteiger partial charge on any atom is 0.312 e. The van der Waals surface area contributed by atoms with Gasteiger partial charge in [-0.25, -0.2) is 4.39 Å². The standard InChI is InChI=1S/C16H16FNO2/c1-12(18-15-9-7-14(17)8-10-15)20-16(19)11-13-5-3-2-4-6-13/h2-10,12,18H,11H2,1H3. The number of nitrogens with one attached hydrogen (secondary N) is 1. The maximum atomic E-state index is 12.8. The molecule has 2 aromatic rings. The van der Waals surface area contributed by atoms with Crippen LogP contribution in [-0.2, 0) is 16.0 Å². The minimum atomic E-state index is -0.475. The molecule has 1 N–H and O–H groups in total. The molecule has 0 aliphatic heterocycles. The SMILES string of the molecule is CC(Nc1ccc(F)cc1)OC(=O)Cc1ccccc1.